The first-order valence-electron chi connectivity index (χ1n) is 9.03. The molecule has 4 nitrogen and oxygen atoms in total. The van der Waals surface area contributed by atoms with Crippen molar-refractivity contribution in [2.75, 3.05) is 45.8 Å². The van der Waals surface area contributed by atoms with Crippen LogP contribution >= 0.6 is 0 Å². The molecule has 0 spiro atoms. The van der Waals surface area contributed by atoms with Gasteiger partial charge in [-0.05, 0) is 0 Å². The molecule has 0 amide bonds. The first-order valence-corrected chi connectivity index (χ1v) is 9.73. The number of hydrogen-bond donors (Lipinski definition) is 3. The molecule has 1 unspecified atom stereocenters. The van der Waals surface area contributed by atoms with Crippen molar-refractivity contribution in [2.45, 2.75) is 31.7 Å². The Morgan fingerprint density at radius 1 is 0.783 bits per heavy atom. The van der Waals surface area contributed by atoms with Gasteiger partial charge < -0.3 is 0 Å². The fraction of sp³-hybridized carbons (Fsp3) is 0.667. The van der Waals surface area contributed by atoms with Gasteiger partial charge in [0.1, 0.15) is 0 Å². The summed E-state index contributed by atoms with van der Waals surface area (Å²) in [5.41, 5.74) is 1.44. The molecule has 5 heteroatoms. The van der Waals surface area contributed by atoms with Gasteiger partial charge in [-0.3, -0.25) is 0 Å². The summed E-state index contributed by atoms with van der Waals surface area (Å²) < 4.78 is 2.52. The predicted octanol–water partition coefficient (Wildman–Crippen LogP) is 1.83. The second-order valence-electron chi connectivity index (χ2n) is 6.22. The molecule has 1 atom stereocenters. The number of rotatable bonds is 1. The molecular weight excluding hydrogens is 320 g/mol. The molecule has 1 aromatic rings. The minimum absolute atomic E-state index is 0.509. The third-order valence-electron chi connectivity index (χ3n) is 4.32. The number of hydrogen-bond acceptors (Lipinski definition) is 4. The van der Waals surface area contributed by atoms with Gasteiger partial charge in [0.05, 0.1) is 0 Å². The van der Waals surface area contributed by atoms with Crippen LogP contribution in [0.15, 0.2) is 30.3 Å². The van der Waals surface area contributed by atoms with E-state index in [1.165, 1.54) is 31.2 Å². The van der Waals surface area contributed by atoms with E-state index in [9.17, 15) is 0 Å². The summed E-state index contributed by atoms with van der Waals surface area (Å²) in [5, 5.41) is 10.7. The standard InChI is InChI=1S/C18H31N4.Ti/c1-2-7-17(8-3-1)18-9-16-21-13-5-12-19-10-4-11-20-14-6-15-22-18;/h1-3,7-8,18-21H,4-6,9-16H2;/q-1;+1. The molecule has 2 rings (SSSR count). The molecule has 1 aromatic carbocycles. The van der Waals surface area contributed by atoms with Crippen molar-refractivity contribution >= 4 is 0 Å². The zero-order chi connectivity index (χ0) is 16.2. The summed E-state index contributed by atoms with van der Waals surface area (Å²) in [6.45, 7) is 7.82. The number of nitrogens with one attached hydrogen (secondary N) is 3. The average molecular weight is 351 g/mol. The number of nitrogens with zero attached hydrogens (tertiary/aromatic N) is 1. The Balaban J connectivity index is 1.89. The first-order chi connectivity index (χ1) is 11.4. The topological polar surface area (TPSA) is 39.3 Å². The molecule has 1 aliphatic heterocycles. The van der Waals surface area contributed by atoms with E-state index in [4.69, 9.17) is 0 Å². The molecule has 0 aliphatic carbocycles. The van der Waals surface area contributed by atoms with Crippen molar-refractivity contribution < 1.29 is 20.7 Å². The normalized spacial score (nSPS) is 24.2. The van der Waals surface area contributed by atoms with Gasteiger partial charge in [-0.2, -0.15) is 0 Å². The van der Waals surface area contributed by atoms with E-state index in [2.05, 4.69) is 70.4 Å². The molecule has 3 N–H and O–H groups in total. The summed E-state index contributed by atoms with van der Waals surface area (Å²) in [5.74, 6) is 0. The van der Waals surface area contributed by atoms with Crippen LogP contribution in [0.25, 0.3) is 0 Å². The Kier molecular flexibility index (Phi) is 10.1. The van der Waals surface area contributed by atoms with Gasteiger partial charge in [0, 0.05) is 0 Å². The molecular formula is C18H31N4Ti. The second kappa shape index (κ2) is 12.2. The Morgan fingerprint density at radius 2 is 1.35 bits per heavy atom. The van der Waals surface area contributed by atoms with Crippen LogP contribution in [0.4, 0.5) is 0 Å². The fourth-order valence-electron chi connectivity index (χ4n) is 3.00. The van der Waals surface area contributed by atoms with E-state index in [0.717, 1.165) is 45.8 Å². The zero-order valence-electron chi connectivity index (χ0n) is 14.2. The Morgan fingerprint density at radius 3 is 2.00 bits per heavy atom. The molecule has 0 bridgehead atoms. The van der Waals surface area contributed by atoms with Crippen molar-refractivity contribution in [3.8, 4) is 0 Å². The third kappa shape index (κ3) is 7.93. The van der Waals surface area contributed by atoms with Crippen LogP contribution in [0.5, 0.6) is 0 Å². The van der Waals surface area contributed by atoms with Gasteiger partial charge in [0.15, 0.2) is 0 Å². The van der Waals surface area contributed by atoms with Crippen LogP contribution in [-0.4, -0.2) is 49.2 Å². The van der Waals surface area contributed by atoms with Crippen molar-refractivity contribution in [1.82, 2.24) is 19.3 Å². The van der Waals surface area contributed by atoms with E-state index in [1.807, 2.05) is 0 Å². The van der Waals surface area contributed by atoms with Crippen LogP contribution in [0, 0.1) is 0 Å². The van der Waals surface area contributed by atoms with Crippen LogP contribution in [-0.2, 0) is 20.7 Å². The Bertz CT molecular complexity index is 401. The summed E-state index contributed by atoms with van der Waals surface area (Å²) in [6.07, 6.45) is 4.80. The van der Waals surface area contributed by atoms with E-state index in [0.29, 0.717) is 6.04 Å². The Labute approximate surface area is 153 Å². The molecule has 1 saturated heterocycles. The summed E-state index contributed by atoms with van der Waals surface area (Å²) in [7, 11) is 0. The molecule has 0 aromatic heterocycles. The SMILES string of the molecule is [Ti][N]1CCCNCCCNCCCNCCC1c1ccccc1. The molecule has 127 valence electrons. The minimum atomic E-state index is 0.509. The monoisotopic (exact) mass is 351 g/mol. The van der Waals surface area contributed by atoms with Gasteiger partial charge in [-0.1, -0.05) is 0 Å². The van der Waals surface area contributed by atoms with Gasteiger partial charge in [-0.25, -0.2) is 0 Å². The second-order valence-corrected chi connectivity index (χ2v) is 7.12. The summed E-state index contributed by atoms with van der Waals surface area (Å²) in [6, 6.07) is 11.5. The number of benzene rings is 1. The molecule has 1 aliphatic rings. The molecule has 0 saturated carbocycles. The Hall–Kier alpha value is -0.226. The van der Waals surface area contributed by atoms with Gasteiger partial charge in [0.25, 0.3) is 0 Å². The molecule has 0 radical (unpaired) electrons. The molecule has 23 heavy (non-hydrogen) atoms. The van der Waals surface area contributed by atoms with E-state index >= 15 is 0 Å². The van der Waals surface area contributed by atoms with Crippen LogP contribution < -0.4 is 16.0 Å². The summed E-state index contributed by atoms with van der Waals surface area (Å²) >= 11 is 2.27. The van der Waals surface area contributed by atoms with E-state index in [-0.39, 0.29) is 0 Å². The average Bonchev–Trinajstić information content (AvgIpc) is 2.58. The predicted molar refractivity (Wildman–Crippen MR) is 93.0 cm³/mol. The third-order valence-corrected chi connectivity index (χ3v) is 5.16. The zero-order valence-corrected chi connectivity index (χ0v) is 15.8. The summed E-state index contributed by atoms with van der Waals surface area (Å²) in [4.78, 5) is 0. The van der Waals surface area contributed by atoms with Gasteiger partial charge in [-0.15, -0.1) is 0 Å². The van der Waals surface area contributed by atoms with Crippen molar-refractivity contribution in [3.05, 3.63) is 35.9 Å². The maximum atomic E-state index is 3.61. The van der Waals surface area contributed by atoms with Crippen LogP contribution in [0.1, 0.15) is 37.3 Å². The van der Waals surface area contributed by atoms with Gasteiger partial charge >= 0.3 is 153 Å². The molecule has 1 fully saturated rings. The van der Waals surface area contributed by atoms with Crippen LogP contribution in [0.3, 0.4) is 0 Å². The van der Waals surface area contributed by atoms with E-state index < -0.39 is 0 Å². The fourth-order valence-corrected chi connectivity index (χ4v) is 3.68. The van der Waals surface area contributed by atoms with Crippen LogP contribution in [0.2, 0.25) is 0 Å². The molecule has 1 heterocycles. The van der Waals surface area contributed by atoms with Crippen molar-refractivity contribution in [2.24, 2.45) is 0 Å². The first kappa shape index (κ1) is 19.1. The van der Waals surface area contributed by atoms with Crippen molar-refractivity contribution in [1.29, 1.82) is 0 Å². The quantitative estimate of drug-likeness (QED) is 0.675. The van der Waals surface area contributed by atoms with Crippen molar-refractivity contribution in [3.63, 3.8) is 0 Å². The maximum absolute atomic E-state index is 3.61. The van der Waals surface area contributed by atoms with Gasteiger partial charge in [0.2, 0.25) is 0 Å². The van der Waals surface area contributed by atoms with E-state index in [1.54, 1.807) is 0 Å².